The van der Waals surface area contributed by atoms with E-state index in [-0.39, 0.29) is 10.7 Å². The Hall–Kier alpha value is -1.68. The molecule has 20 heavy (non-hydrogen) atoms. The van der Waals surface area contributed by atoms with Crippen LogP contribution in [0.1, 0.15) is 12.0 Å². The third kappa shape index (κ3) is 5.13. The molecule has 1 aromatic rings. The fourth-order valence-corrected chi connectivity index (χ4v) is 1.94. The molecule has 1 aromatic carbocycles. The highest BCUT2D eigenvalue weighted by molar-refractivity contribution is 6.32. The lowest BCUT2D eigenvalue weighted by Gasteiger charge is -2.20. The van der Waals surface area contributed by atoms with Crippen LogP contribution in [0.5, 0.6) is 0 Å². The van der Waals surface area contributed by atoms with Crippen molar-refractivity contribution in [1.82, 2.24) is 4.90 Å². The van der Waals surface area contributed by atoms with Gasteiger partial charge in [0, 0.05) is 39.2 Å². The molecule has 0 saturated carbocycles. The molecule has 0 atom stereocenters. The van der Waals surface area contributed by atoms with Crippen LogP contribution in [0.4, 0.5) is 5.69 Å². The molecule has 7 heteroatoms. The Morgan fingerprint density at radius 1 is 1.50 bits per heavy atom. The number of benzene rings is 1. The van der Waals surface area contributed by atoms with Gasteiger partial charge in [0.15, 0.2) is 0 Å². The highest BCUT2D eigenvalue weighted by Crippen LogP contribution is 2.25. The minimum absolute atomic E-state index is 0.101. The van der Waals surface area contributed by atoms with Crippen molar-refractivity contribution in [3.05, 3.63) is 38.9 Å². The van der Waals surface area contributed by atoms with E-state index in [0.29, 0.717) is 32.7 Å². The second-order valence-electron chi connectivity index (χ2n) is 4.22. The summed E-state index contributed by atoms with van der Waals surface area (Å²) in [6.07, 6.45) is 0.402. The van der Waals surface area contributed by atoms with Gasteiger partial charge in [-0.05, 0) is 11.6 Å². The van der Waals surface area contributed by atoms with Gasteiger partial charge in [0.1, 0.15) is 5.02 Å². The number of ether oxygens (including phenoxy) is 1. The predicted octanol–water partition coefficient (Wildman–Crippen LogP) is 2.61. The van der Waals surface area contributed by atoms with E-state index in [4.69, 9.17) is 21.6 Å². The maximum absolute atomic E-state index is 10.8. The van der Waals surface area contributed by atoms with Crippen molar-refractivity contribution in [2.24, 2.45) is 0 Å². The summed E-state index contributed by atoms with van der Waals surface area (Å²) in [6, 6.07) is 6.83. The molecular weight excluding hydrogens is 282 g/mol. The SMILES string of the molecule is COCCN(CCC#N)Cc1ccc(Cl)c([N+](=O)[O-])c1. The smallest absolute Gasteiger partial charge is 0.288 e. The van der Waals surface area contributed by atoms with Gasteiger partial charge in [-0.2, -0.15) is 5.26 Å². The van der Waals surface area contributed by atoms with Gasteiger partial charge in [-0.25, -0.2) is 0 Å². The topological polar surface area (TPSA) is 79.4 Å². The van der Waals surface area contributed by atoms with E-state index in [1.807, 2.05) is 4.90 Å². The zero-order chi connectivity index (χ0) is 15.0. The minimum Gasteiger partial charge on any atom is -0.383 e. The summed E-state index contributed by atoms with van der Waals surface area (Å²) >= 11 is 5.78. The molecule has 0 unspecified atom stereocenters. The van der Waals surface area contributed by atoms with E-state index >= 15 is 0 Å². The first-order chi connectivity index (χ1) is 9.58. The number of nitriles is 1. The van der Waals surface area contributed by atoms with Gasteiger partial charge < -0.3 is 4.74 Å². The average Bonchev–Trinajstić information content (AvgIpc) is 2.43. The monoisotopic (exact) mass is 297 g/mol. The summed E-state index contributed by atoms with van der Waals surface area (Å²) in [5, 5.41) is 19.6. The Kier molecular flexibility index (Phi) is 6.94. The van der Waals surface area contributed by atoms with Gasteiger partial charge in [0.25, 0.3) is 5.69 Å². The lowest BCUT2D eigenvalue weighted by atomic mass is 10.2. The Morgan fingerprint density at radius 2 is 2.25 bits per heavy atom. The molecule has 1 rings (SSSR count). The van der Waals surface area contributed by atoms with Crippen LogP contribution >= 0.6 is 11.6 Å². The van der Waals surface area contributed by atoms with Crippen LogP contribution in [-0.4, -0.2) is 36.6 Å². The predicted molar refractivity (Wildman–Crippen MR) is 75.5 cm³/mol. The molecule has 0 N–H and O–H groups in total. The maximum atomic E-state index is 10.8. The molecule has 0 aliphatic rings. The molecule has 0 aliphatic heterocycles. The number of hydrogen-bond acceptors (Lipinski definition) is 5. The highest BCUT2D eigenvalue weighted by atomic mass is 35.5. The van der Waals surface area contributed by atoms with Gasteiger partial charge in [0.05, 0.1) is 17.6 Å². The van der Waals surface area contributed by atoms with E-state index in [1.54, 1.807) is 13.2 Å². The molecule has 0 heterocycles. The van der Waals surface area contributed by atoms with Gasteiger partial charge in [-0.1, -0.05) is 17.7 Å². The number of methoxy groups -OCH3 is 1. The molecule has 0 amide bonds. The number of hydrogen-bond donors (Lipinski definition) is 0. The van der Waals surface area contributed by atoms with Crippen LogP contribution < -0.4 is 0 Å². The Balaban J connectivity index is 2.79. The zero-order valence-corrected chi connectivity index (χ0v) is 12.0. The van der Waals surface area contributed by atoms with Crippen molar-refractivity contribution in [2.75, 3.05) is 26.8 Å². The summed E-state index contributed by atoms with van der Waals surface area (Å²) in [6.45, 7) is 2.31. The van der Waals surface area contributed by atoms with E-state index in [0.717, 1.165) is 5.56 Å². The van der Waals surface area contributed by atoms with Crippen LogP contribution in [0.2, 0.25) is 5.02 Å². The van der Waals surface area contributed by atoms with Crippen molar-refractivity contribution in [3.63, 3.8) is 0 Å². The van der Waals surface area contributed by atoms with Crippen LogP contribution in [0.25, 0.3) is 0 Å². The van der Waals surface area contributed by atoms with Gasteiger partial charge in [0.2, 0.25) is 0 Å². The Labute approximate surface area is 122 Å². The standard InChI is InChI=1S/C13H16ClN3O3/c1-20-8-7-16(6-2-5-15)10-11-3-4-12(14)13(9-11)17(18)19/h3-4,9H,2,6-8,10H2,1H3. The lowest BCUT2D eigenvalue weighted by molar-refractivity contribution is -0.384. The fourth-order valence-electron chi connectivity index (χ4n) is 1.75. The van der Waals surface area contributed by atoms with Crippen molar-refractivity contribution < 1.29 is 9.66 Å². The van der Waals surface area contributed by atoms with Gasteiger partial charge in [-0.3, -0.25) is 15.0 Å². The molecule has 0 bridgehead atoms. The molecule has 0 aromatic heterocycles. The number of halogens is 1. The summed E-state index contributed by atoms with van der Waals surface area (Å²) in [4.78, 5) is 12.4. The first-order valence-corrected chi connectivity index (χ1v) is 6.47. The minimum atomic E-state index is -0.499. The quantitative estimate of drug-likeness (QED) is 0.544. The Morgan fingerprint density at radius 3 is 2.85 bits per heavy atom. The second kappa shape index (κ2) is 8.48. The highest BCUT2D eigenvalue weighted by Gasteiger charge is 2.14. The molecule has 6 nitrogen and oxygen atoms in total. The van der Waals surface area contributed by atoms with Crippen LogP contribution in [0, 0.1) is 21.4 Å². The largest absolute Gasteiger partial charge is 0.383 e. The molecular formula is C13H16ClN3O3. The number of nitro groups is 1. The number of nitrogens with zero attached hydrogens (tertiary/aromatic N) is 3. The fraction of sp³-hybridized carbons (Fsp3) is 0.462. The average molecular weight is 298 g/mol. The van der Waals surface area contributed by atoms with E-state index in [1.165, 1.54) is 12.1 Å². The van der Waals surface area contributed by atoms with Crippen LogP contribution in [0.3, 0.4) is 0 Å². The molecule has 0 radical (unpaired) electrons. The normalized spacial score (nSPS) is 10.5. The third-order valence-corrected chi connectivity index (χ3v) is 3.08. The van der Waals surface area contributed by atoms with Crippen molar-refractivity contribution in [1.29, 1.82) is 5.26 Å². The first-order valence-electron chi connectivity index (χ1n) is 6.09. The molecule has 0 aliphatic carbocycles. The summed E-state index contributed by atoms with van der Waals surface area (Å²) < 4.78 is 5.02. The third-order valence-electron chi connectivity index (χ3n) is 2.76. The first kappa shape index (κ1) is 16.4. The zero-order valence-electron chi connectivity index (χ0n) is 11.2. The van der Waals surface area contributed by atoms with E-state index < -0.39 is 4.92 Å². The summed E-state index contributed by atoms with van der Waals surface area (Å²) in [5.41, 5.74) is 0.686. The van der Waals surface area contributed by atoms with Crippen LogP contribution in [0.15, 0.2) is 18.2 Å². The number of rotatable bonds is 8. The van der Waals surface area contributed by atoms with Crippen molar-refractivity contribution in [2.45, 2.75) is 13.0 Å². The van der Waals surface area contributed by atoms with Crippen molar-refractivity contribution >= 4 is 17.3 Å². The number of nitro benzene ring substituents is 1. The molecule has 0 fully saturated rings. The van der Waals surface area contributed by atoms with Gasteiger partial charge in [-0.15, -0.1) is 0 Å². The molecule has 0 saturated heterocycles. The molecule has 0 spiro atoms. The summed E-state index contributed by atoms with van der Waals surface area (Å²) in [7, 11) is 1.61. The van der Waals surface area contributed by atoms with Crippen molar-refractivity contribution in [3.8, 4) is 6.07 Å². The van der Waals surface area contributed by atoms with Gasteiger partial charge >= 0.3 is 0 Å². The lowest BCUT2D eigenvalue weighted by Crippen LogP contribution is -2.28. The van der Waals surface area contributed by atoms with E-state index in [9.17, 15) is 10.1 Å². The Bertz CT molecular complexity index is 502. The molecule has 108 valence electrons. The van der Waals surface area contributed by atoms with E-state index in [2.05, 4.69) is 6.07 Å². The summed E-state index contributed by atoms with van der Waals surface area (Å²) in [5.74, 6) is 0. The van der Waals surface area contributed by atoms with Crippen LogP contribution in [-0.2, 0) is 11.3 Å². The second-order valence-corrected chi connectivity index (χ2v) is 4.63. The maximum Gasteiger partial charge on any atom is 0.288 e.